The van der Waals surface area contributed by atoms with Gasteiger partial charge in [0.1, 0.15) is 13.2 Å². The van der Waals surface area contributed by atoms with E-state index in [0.29, 0.717) is 26.2 Å². The first-order valence-corrected chi connectivity index (χ1v) is 8.32. The van der Waals surface area contributed by atoms with E-state index in [2.05, 4.69) is 21.6 Å². The van der Waals surface area contributed by atoms with E-state index in [1.807, 2.05) is 12.1 Å². The van der Waals surface area contributed by atoms with Crippen molar-refractivity contribution in [3.63, 3.8) is 0 Å². The Morgan fingerprint density at radius 2 is 2.04 bits per heavy atom. The lowest BCUT2D eigenvalue weighted by Gasteiger charge is -2.26. The third-order valence-electron chi connectivity index (χ3n) is 4.42. The van der Waals surface area contributed by atoms with Gasteiger partial charge in [-0.2, -0.15) is 0 Å². The Labute approximate surface area is 141 Å². The molecule has 0 unspecified atom stereocenters. The van der Waals surface area contributed by atoms with Crippen LogP contribution >= 0.6 is 0 Å². The van der Waals surface area contributed by atoms with Gasteiger partial charge in [0, 0.05) is 26.1 Å². The number of imide groups is 1. The molecule has 2 aliphatic rings. The summed E-state index contributed by atoms with van der Waals surface area (Å²) in [4.78, 5) is 25.2. The molecule has 1 atom stereocenters. The van der Waals surface area contributed by atoms with Gasteiger partial charge in [0.15, 0.2) is 11.5 Å². The molecular formula is C17H23N3O4. The van der Waals surface area contributed by atoms with E-state index >= 15 is 0 Å². The number of hydrogen-bond acceptors (Lipinski definition) is 5. The smallest absolute Gasteiger partial charge is 0.321 e. The third-order valence-corrected chi connectivity index (χ3v) is 4.42. The summed E-state index contributed by atoms with van der Waals surface area (Å²) in [6.45, 7) is 2.74. The van der Waals surface area contributed by atoms with E-state index in [9.17, 15) is 9.59 Å². The van der Waals surface area contributed by atoms with Crippen molar-refractivity contribution in [2.75, 3.05) is 33.4 Å². The minimum Gasteiger partial charge on any atom is -0.486 e. The molecule has 7 heteroatoms. The number of rotatable bonds is 4. The normalized spacial score (nSPS) is 19.8. The Bertz CT molecular complexity index is 620. The number of benzene rings is 1. The minimum absolute atomic E-state index is 0.262. The molecule has 1 saturated heterocycles. The first-order chi connectivity index (χ1) is 11.7. The summed E-state index contributed by atoms with van der Waals surface area (Å²) in [5.74, 6) is 1.32. The van der Waals surface area contributed by atoms with Gasteiger partial charge >= 0.3 is 6.03 Å². The van der Waals surface area contributed by atoms with Crippen molar-refractivity contribution in [1.29, 1.82) is 0 Å². The van der Waals surface area contributed by atoms with Gasteiger partial charge in [-0.25, -0.2) is 4.79 Å². The second-order valence-corrected chi connectivity index (χ2v) is 5.97. The van der Waals surface area contributed by atoms with E-state index in [1.165, 1.54) is 12.6 Å². The highest BCUT2D eigenvalue weighted by molar-refractivity contribution is 5.94. The topological polar surface area (TPSA) is 79.9 Å². The molecule has 0 bridgehead atoms. The van der Waals surface area contributed by atoms with E-state index in [1.54, 1.807) is 0 Å². The molecule has 130 valence electrons. The molecule has 3 amide bonds. The van der Waals surface area contributed by atoms with Crippen LogP contribution < -0.4 is 20.1 Å². The Kier molecular flexibility index (Phi) is 5.20. The number of fused-ring (bicyclic) bond motifs is 1. The fourth-order valence-corrected chi connectivity index (χ4v) is 3.24. The van der Waals surface area contributed by atoms with Gasteiger partial charge in [0.05, 0.1) is 0 Å². The van der Waals surface area contributed by atoms with Gasteiger partial charge in [0.25, 0.3) is 0 Å². The first-order valence-electron chi connectivity index (χ1n) is 8.32. The Hall–Kier alpha value is -2.28. The Morgan fingerprint density at radius 3 is 2.83 bits per heavy atom. The van der Waals surface area contributed by atoms with Crippen LogP contribution in [-0.4, -0.2) is 50.2 Å². The number of nitrogens with one attached hydrogen (secondary N) is 2. The number of carbonyl (C=O) groups is 2. The molecule has 0 saturated carbocycles. The van der Waals surface area contributed by atoms with E-state index in [4.69, 9.17) is 9.47 Å². The summed E-state index contributed by atoms with van der Waals surface area (Å²) in [6, 6.07) is 5.88. The summed E-state index contributed by atoms with van der Waals surface area (Å²) in [5.41, 5.74) is 1.18. The standard InChI is InChI=1S/C17H23N3O4/c1-18-17(22)19-16(21)6-8-20-7-2-3-13(20)12-4-5-14-15(11-12)24-10-9-23-14/h4-5,11,13H,2-3,6-10H2,1H3,(H2,18,19,21,22)/t13-/m0/s1. The van der Waals surface area contributed by atoms with Gasteiger partial charge in [0.2, 0.25) is 5.91 Å². The van der Waals surface area contributed by atoms with Crippen molar-refractivity contribution in [1.82, 2.24) is 15.5 Å². The minimum atomic E-state index is -0.468. The highest BCUT2D eigenvalue weighted by Gasteiger charge is 2.27. The third kappa shape index (κ3) is 3.79. The lowest BCUT2D eigenvalue weighted by atomic mass is 10.0. The average molecular weight is 333 g/mol. The van der Waals surface area contributed by atoms with Gasteiger partial charge in [-0.3, -0.25) is 15.0 Å². The number of nitrogens with zero attached hydrogens (tertiary/aromatic N) is 1. The molecule has 0 radical (unpaired) electrons. The second-order valence-electron chi connectivity index (χ2n) is 5.97. The monoisotopic (exact) mass is 333 g/mol. The Balaban J connectivity index is 1.61. The molecule has 7 nitrogen and oxygen atoms in total. The second kappa shape index (κ2) is 7.53. The molecule has 2 heterocycles. The van der Waals surface area contributed by atoms with Crippen LogP contribution in [0.5, 0.6) is 11.5 Å². The summed E-state index contributed by atoms with van der Waals surface area (Å²) in [6.07, 6.45) is 2.45. The lowest BCUT2D eigenvalue weighted by molar-refractivity contribution is -0.120. The van der Waals surface area contributed by atoms with Crippen LogP contribution in [0.25, 0.3) is 0 Å². The predicted molar refractivity (Wildman–Crippen MR) is 88.2 cm³/mol. The van der Waals surface area contributed by atoms with Crippen LogP contribution in [-0.2, 0) is 4.79 Å². The van der Waals surface area contributed by atoms with E-state index in [0.717, 1.165) is 30.9 Å². The van der Waals surface area contributed by atoms with E-state index in [-0.39, 0.29) is 11.9 Å². The predicted octanol–water partition coefficient (Wildman–Crippen LogP) is 1.44. The average Bonchev–Trinajstić information content (AvgIpc) is 3.08. The molecule has 1 aromatic carbocycles. The van der Waals surface area contributed by atoms with Crippen molar-refractivity contribution in [3.05, 3.63) is 23.8 Å². The van der Waals surface area contributed by atoms with Crippen LogP contribution in [0.4, 0.5) is 4.79 Å². The number of carbonyl (C=O) groups excluding carboxylic acids is 2. The molecule has 24 heavy (non-hydrogen) atoms. The zero-order valence-corrected chi connectivity index (χ0v) is 13.8. The SMILES string of the molecule is CNC(=O)NC(=O)CCN1CCC[C@H]1c1ccc2c(c1)OCCO2. The summed E-state index contributed by atoms with van der Waals surface area (Å²) in [7, 11) is 1.49. The summed E-state index contributed by atoms with van der Waals surface area (Å²) < 4.78 is 11.2. The lowest BCUT2D eigenvalue weighted by Crippen LogP contribution is -2.39. The molecule has 3 rings (SSSR count). The highest BCUT2D eigenvalue weighted by Crippen LogP contribution is 2.37. The number of likely N-dealkylation sites (tertiary alicyclic amines) is 1. The molecule has 0 aromatic heterocycles. The number of urea groups is 1. The van der Waals surface area contributed by atoms with Gasteiger partial charge in [-0.1, -0.05) is 6.07 Å². The van der Waals surface area contributed by atoms with Gasteiger partial charge < -0.3 is 14.8 Å². The molecule has 0 spiro atoms. The fraction of sp³-hybridized carbons (Fsp3) is 0.529. The van der Waals surface area contributed by atoms with Crippen molar-refractivity contribution in [3.8, 4) is 11.5 Å². The largest absolute Gasteiger partial charge is 0.486 e. The number of ether oxygens (including phenoxy) is 2. The van der Waals surface area contributed by atoms with Crippen LogP contribution in [0.15, 0.2) is 18.2 Å². The maximum Gasteiger partial charge on any atom is 0.321 e. The van der Waals surface area contributed by atoms with Gasteiger partial charge in [-0.15, -0.1) is 0 Å². The van der Waals surface area contributed by atoms with Gasteiger partial charge in [-0.05, 0) is 37.1 Å². The molecular weight excluding hydrogens is 310 g/mol. The highest BCUT2D eigenvalue weighted by atomic mass is 16.6. The van der Waals surface area contributed by atoms with Crippen LogP contribution in [0, 0.1) is 0 Å². The van der Waals surface area contributed by atoms with Crippen molar-refractivity contribution in [2.24, 2.45) is 0 Å². The van der Waals surface area contributed by atoms with Crippen LogP contribution in [0.3, 0.4) is 0 Å². The van der Waals surface area contributed by atoms with Crippen LogP contribution in [0.2, 0.25) is 0 Å². The van der Waals surface area contributed by atoms with Crippen molar-refractivity contribution >= 4 is 11.9 Å². The summed E-state index contributed by atoms with van der Waals surface area (Å²) in [5, 5.41) is 4.67. The zero-order chi connectivity index (χ0) is 16.9. The summed E-state index contributed by atoms with van der Waals surface area (Å²) >= 11 is 0. The first kappa shape index (κ1) is 16.6. The maximum absolute atomic E-state index is 11.8. The Morgan fingerprint density at radius 1 is 1.25 bits per heavy atom. The van der Waals surface area contributed by atoms with Crippen molar-refractivity contribution in [2.45, 2.75) is 25.3 Å². The molecule has 1 aromatic rings. The zero-order valence-electron chi connectivity index (χ0n) is 13.8. The fourth-order valence-electron chi connectivity index (χ4n) is 3.24. The van der Waals surface area contributed by atoms with Crippen LogP contribution in [0.1, 0.15) is 30.9 Å². The molecule has 0 aliphatic carbocycles. The maximum atomic E-state index is 11.8. The van der Waals surface area contributed by atoms with Crippen molar-refractivity contribution < 1.29 is 19.1 Å². The molecule has 1 fully saturated rings. The van der Waals surface area contributed by atoms with E-state index < -0.39 is 6.03 Å². The number of amides is 3. The quantitative estimate of drug-likeness (QED) is 0.871. The number of hydrogen-bond donors (Lipinski definition) is 2. The molecule has 2 N–H and O–H groups in total. The molecule has 2 aliphatic heterocycles.